The number of benzene rings is 3. The number of alkyl halides is 6. The van der Waals surface area contributed by atoms with E-state index in [4.69, 9.17) is 0 Å². The van der Waals surface area contributed by atoms with Gasteiger partial charge in [-0.15, -0.1) is 5.10 Å². The molecule has 0 fully saturated rings. The van der Waals surface area contributed by atoms with Crippen LogP contribution in [0.5, 0.6) is 0 Å². The van der Waals surface area contributed by atoms with Gasteiger partial charge in [-0.25, -0.2) is 4.79 Å². The van der Waals surface area contributed by atoms with Gasteiger partial charge < -0.3 is 5.32 Å². The molecule has 1 aliphatic rings. The lowest BCUT2D eigenvalue weighted by molar-refractivity contribution is -0.143. The summed E-state index contributed by atoms with van der Waals surface area (Å²) in [5.41, 5.74) is -0.601. The highest BCUT2D eigenvalue weighted by atomic mass is 19.4. The van der Waals surface area contributed by atoms with Gasteiger partial charge in [0.15, 0.2) is 0 Å². The van der Waals surface area contributed by atoms with E-state index >= 15 is 0 Å². The van der Waals surface area contributed by atoms with Crippen LogP contribution >= 0.6 is 0 Å². The summed E-state index contributed by atoms with van der Waals surface area (Å²) < 4.78 is 80.6. The number of nitrogens with one attached hydrogen (secondary N) is 3. The second-order valence-electron chi connectivity index (χ2n) is 10.2. The predicted octanol–water partition coefficient (Wildman–Crippen LogP) is 7.69. The van der Waals surface area contributed by atoms with Crippen molar-refractivity contribution in [2.24, 2.45) is 0 Å². The van der Waals surface area contributed by atoms with E-state index in [1.807, 2.05) is 12.1 Å². The summed E-state index contributed by atoms with van der Waals surface area (Å²) >= 11 is 0. The predicted molar refractivity (Wildman–Crippen MR) is 153 cm³/mol. The number of halogens is 6. The Morgan fingerprint density at radius 1 is 0.844 bits per heavy atom. The van der Waals surface area contributed by atoms with Crippen LogP contribution in [0.4, 0.5) is 48.5 Å². The van der Waals surface area contributed by atoms with Crippen LogP contribution in [-0.2, 0) is 18.9 Å². The van der Waals surface area contributed by atoms with Gasteiger partial charge >= 0.3 is 18.4 Å². The molecule has 4 aromatic rings. The van der Waals surface area contributed by atoms with Crippen LogP contribution < -0.4 is 15.5 Å². The van der Waals surface area contributed by atoms with Gasteiger partial charge in [-0.05, 0) is 90.1 Å². The number of aromatic amines is 1. The molecule has 3 N–H and O–H groups in total. The third-order valence-corrected chi connectivity index (χ3v) is 7.05. The first-order valence-corrected chi connectivity index (χ1v) is 13.7. The van der Waals surface area contributed by atoms with E-state index in [-0.39, 0.29) is 24.1 Å². The van der Waals surface area contributed by atoms with Crippen molar-refractivity contribution in [2.75, 3.05) is 15.5 Å². The summed E-state index contributed by atoms with van der Waals surface area (Å²) in [5, 5.41) is 17.5. The molecule has 15 heteroatoms. The molecule has 9 nitrogen and oxygen atoms in total. The van der Waals surface area contributed by atoms with Crippen LogP contribution in [-0.4, -0.2) is 32.6 Å². The largest absolute Gasteiger partial charge is 0.416 e. The van der Waals surface area contributed by atoms with Gasteiger partial charge in [-0.3, -0.25) is 15.0 Å². The fourth-order valence-electron chi connectivity index (χ4n) is 4.79. The number of carbonyl (C=O) groups is 2. The van der Waals surface area contributed by atoms with Crippen molar-refractivity contribution >= 4 is 34.8 Å². The number of anilines is 3. The summed E-state index contributed by atoms with van der Waals surface area (Å²) in [6, 6.07) is 12.9. The number of nitrogens with zero attached hydrogens (tertiary/aromatic N) is 4. The molecule has 0 spiro atoms. The highest BCUT2D eigenvalue weighted by molar-refractivity contribution is 6.03. The number of H-pyrrole nitrogens is 1. The van der Waals surface area contributed by atoms with E-state index in [0.29, 0.717) is 23.4 Å². The lowest BCUT2D eigenvalue weighted by Gasteiger charge is -2.25. The second-order valence-corrected chi connectivity index (χ2v) is 10.2. The molecule has 45 heavy (non-hydrogen) atoms. The van der Waals surface area contributed by atoms with Gasteiger partial charge in [0.2, 0.25) is 0 Å². The monoisotopic (exact) mass is 629 g/mol. The number of hydrogen-bond donors (Lipinski definition) is 3. The summed E-state index contributed by atoms with van der Waals surface area (Å²) in [6.07, 6.45) is -4.03. The molecule has 0 bridgehead atoms. The van der Waals surface area contributed by atoms with Crippen molar-refractivity contribution in [2.45, 2.75) is 44.6 Å². The standard InChI is InChI=1S/C30H25F6N7O2/c31-29(32,33)22-14-23(30(34,35)36)16-24(15-22)37-28(45)43(25-12-10-20(11-13-25)19-4-2-1-3-5-19)17-18-6-8-21(9-7-18)26(44)38-27-39-41-42-40-27/h4,6-16H,1-3,5,17H2,(H,37,45)(H2,38,39,40,41,42,44). The number of hydrogen-bond acceptors (Lipinski definition) is 5. The molecule has 1 aliphatic carbocycles. The Bertz CT molecular complexity index is 1650. The maximum Gasteiger partial charge on any atom is 0.416 e. The maximum atomic E-state index is 13.5. The Kier molecular flexibility index (Phi) is 8.88. The van der Waals surface area contributed by atoms with Gasteiger partial charge in [0.1, 0.15) is 0 Å². The molecular weight excluding hydrogens is 604 g/mol. The molecule has 3 amide bonds. The first-order chi connectivity index (χ1) is 21.4. The molecule has 0 unspecified atom stereocenters. The molecule has 0 radical (unpaired) electrons. The van der Waals surface area contributed by atoms with E-state index in [2.05, 4.69) is 37.3 Å². The second kappa shape index (κ2) is 12.8. The van der Waals surface area contributed by atoms with Crippen molar-refractivity contribution in [3.8, 4) is 0 Å². The third-order valence-electron chi connectivity index (χ3n) is 7.05. The highest BCUT2D eigenvalue weighted by Crippen LogP contribution is 2.38. The molecule has 1 heterocycles. The molecular formula is C30H25F6N7O2. The number of allylic oxidation sites excluding steroid dienone is 2. The summed E-state index contributed by atoms with van der Waals surface area (Å²) in [7, 11) is 0. The summed E-state index contributed by atoms with van der Waals surface area (Å²) in [5.74, 6) is -0.571. The smallest absolute Gasteiger partial charge is 0.308 e. The quantitative estimate of drug-likeness (QED) is 0.181. The van der Waals surface area contributed by atoms with Crippen LogP contribution in [0, 0.1) is 0 Å². The Morgan fingerprint density at radius 2 is 1.51 bits per heavy atom. The zero-order valence-electron chi connectivity index (χ0n) is 23.3. The lowest BCUT2D eigenvalue weighted by atomic mass is 9.93. The number of rotatable bonds is 7. The van der Waals surface area contributed by atoms with Crippen LogP contribution in [0.15, 0.2) is 72.8 Å². The van der Waals surface area contributed by atoms with Gasteiger partial charge in [-0.1, -0.05) is 35.4 Å². The van der Waals surface area contributed by atoms with Gasteiger partial charge in [0.25, 0.3) is 11.9 Å². The highest BCUT2D eigenvalue weighted by Gasteiger charge is 2.37. The van der Waals surface area contributed by atoms with Gasteiger partial charge in [0.05, 0.1) is 17.7 Å². The van der Waals surface area contributed by atoms with E-state index in [1.54, 1.807) is 24.3 Å². The van der Waals surface area contributed by atoms with Crippen molar-refractivity contribution < 1.29 is 35.9 Å². The van der Waals surface area contributed by atoms with E-state index in [0.717, 1.165) is 36.8 Å². The minimum atomic E-state index is -5.08. The van der Waals surface area contributed by atoms with E-state index in [9.17, 15) is 35.9 Å². The lowest BCUT2D eigenvalue weighted by Crippen LogP contribution is -2.34. The SMILES string of the molecule is O=C(Nc1nn[nH]n1)c1ccc(CN(C(=O)Nc2cc(C(F)(F)F)cc(C(F)(F)F)c2)c2ccc(C3=CCCCC3)cc2)cc1. The molecule has 0 aliphatic heterocycles. The van der Waals surface area contributed by atoms with E-state index < -0.39 is 41.1 Å². The molecule has 0 atom stereocenters. The number of carbonyl (C=O) groups excluding carboxylic acids is 2. The zero-order chi connectivity index (χ0) is 32.2. The van der Waals surface area contributed by atoms with Gasteiger partial charge in [0, 0.05) is 16.9 Å². The molecule has 234 valence electrons. The minimum Gasteiger partial charge on any atom is -0.308 e. The topological polar surface area (TPSA) is 116 Å². The third kappa shape index (κ3) is 7.85. The first kappa shape index (κ1) is 31.2. The normalized spacial score (nSPS) is 13.6. The van der Waals surface area contributed by atoms with Crippen LogP contribution in [0.25, 0.3) is 5.57 Å². The number of tetrazole rings is 1. The number of urea groups is 1. The zero-order valence-corrected chi connectivity index (χ0v) is 23.3. The van der Waals surface area contributed by atoms with Gasteiger partial charge in [-0.2, -0.15) is 31.6 Å². The Labute approximate surface area is 252 Å². The molecule has 0 saturated heterocycles. The van der Waals surface area contributed by atoms with Crippen LogP contribution in [0.2, 0.25) is 0 Å². The van der Waals surface area contributed by atoms with Crippen molar-refractivity contribution in [3.05, 3.63) is 101 Å². The number of amides is 3. The molecule has 0 saturated carbocycles. The van der Waals surface area contributed by atoms with E-state index in [1.165, 1.54) is 17.0 Å². The Morgan fingerprint density at radius 3 is 2.07 bits per heavy atom. The average molecular weight is 630 g/mol. The fraction of sp³-hybridized carbons (Fsp3) is 0.233. The van der Waals surface area contributed by atoms with Crippen LogP contribution in [0.3, 0.4) is 0 Å². The van der Waals surface area contributed by atoms with Crippen molar-refractivity contribution in [1.82, 2.24) is 20.6 Å². The molecule has 1 aromatic heterocycles. The molecule has 3 aromatic carbocycles. The Balaban J connectivity index is 1.43. The fourth-order valence-corrected chi connectivity index (χ4v) is 4.79. The Hall–Kier alpha value is -5.21. The summed E-state index contributed by atoms with van der Waals surface area (Å²) in [4.78, 5) is 27.2. The summed E-state index contributed by atoms with van der Waals surface area (Å²) in [6.45, 7) is -0.133. The first-order valence-electron chi connectivity index (χ1n) is 13.7. The minimum absolute atomic E-state index is 0.0114. The average Bonchev–Trinajstić information content (AvgIpc) is 3.53. The van der Waals surface area contributed by atoms with Crippen molar-refractivity contribution in [3.63, 3.8) is 0 Å². The van der Waals surface area contributed by atoms with Crippen molar-refractivity contribution in [1.29, 1.82) is 0 Å². The van der Waals surface area contributed by atoms with Crippen LogP contribution in [0.1, 0.15) is 58.3 Å². The molecule has 5 rings (SSSR count). The maximum absolute atomic E-state index is 13.5. The number of aromatic nitrogens is 4.